The fourth-order valence-electron chi connectivity index (χ4n) is 3.10. The number of benzene rings is 1. The Bertz CT molecular complexity index is 657. The Morgan fingerprint density at radius 3 is 2.50 bits per heavy atom. The number of anilines is 2. The first kappa shape index (κ1) is 15.1. The predicted molar refractivity (Wildman–Crippen MR) is 95.2 cm³/mol. The first-order valence-electron chi connectivity index (χ1n) is 8.13. The normalized spacial score (nSPS) is 15.6. The van der Waals surface area contributed by atoms with Crippen LogP contribution in [0.25, 0.3) is 10.8 Å². The summed E-state index contributed by atoms with van der Waals surface area (Å²) in [6.07, 6.45) is 2.04. The molecule has 22 heavy (non-hydrogen) atoms. The van der Waals surface area contributed by atoms with Crippen molar-refractivity contribution in [3.8, 4) is 0 Å². The van der Waals surface area contributed by atoms with E-state index < -0.39 is 0 Å². The van der Waals surface area contributed by atoms with E-state index >= 15 is 0 Å². The van der Waals surface area contributed by atoms with E-state index in [0.717, 1.165) is 32.0 Å². The molecule has 4 nitrogen and oxygen atoms in total. The van der Waals surface area contributed by atoms with Crippen LogP contribution in [-0.4, -0.2) is 45.3 Å². The zero-order chi connectivity index (χ0) is 15.7. The van der Waals surface area contributed by atoms with Crippen LogP contribution in [0.3, 0.4) is 0 Å². The lowest BCUT2D eigenvalue weighted by Crippen LogP contribution is -2.43. The SMILES string of the molecule is CC(C)c1ccc2c(N3CCNCC3)cnc(N(C)C)c2c1. The third-order valence-corrected chi connectivity index (χ3v) is 4.42. The molecule has 1 aromatic carbocycles. The minimum absolute atomic E-state index is 0.530. The maximum atomic E-state index is 4.75. The number of hydrogen-bond acceptors (Lipinski definition) is 4. The van der Waals surface area contributed by atoms with Gasteiger partial charge in [0.25, 0.3) is 0 Å². The zero-order valence-corrected chi connectivity index (χ0v) is 14.1. The monoisotopic (exact) mass is 298 g/mol. The molecule has 2 aromatic rings. The van der Waals surface area contributed by atoms with Crippen LogP contribution in [0.5, 0.6) is 0 Å². The molecule has 4 heteroatoms. The highest BCUT2D eigenvalue weighted by molar-refractivity contribution is 6.00. The third-order valence-electron chi connectivity index (χ3n) is 4.42. The number of nitrogens with one attached hydrogen (secondary N) is 1. The largest absolute Gasteiger partial charge is 0.367 e. The second-order valence-electron chi connectivity index (χ2n) is 6.56. The lowest BCUT2D eigenvalue weighted by atomic mass is 9.98. The van der Waals surface area contributed by atoms with Gasteiger partial charge >= 0.3 is 0 Å². The molecule has 0 radical (unpaired) electrons. The van der Waals surface area contributed by atoms with Crippen molar-refractivity contribution in [3.63, 3.8) is 0 Å². The number of piperazine rings is 1. The molecule has 0 bridgehead atoms. The van der Waals surface area contributed by atoms with Crippen molar-refractivity contribution < 1.29 is 0 Å². The summed E-state index contributed by atoms with van der Waals surface area (Å²) < 4.78 is 0. The average Bonchev–Trinajstić information content (AvgIpc) is 2.53. The summed E-state index contributed by atoms with van der Waals surface area (Å²) in [4.78, 5) is 9.30. The zero-order valence-electron chi connectivity index (χ0n) is 14.1. The van der Waals surface area contributed by atoms with Crippen molar-refractivity contribution in [2.75, 3.05) is 50.1 Å². The predicted octanol–water partition coefficient (Wildman–Crippen LogP) is 2.83. The van der Waals surface area contributed by atoms with Crippen LogP contribution in [0.1, 0.15) is 25.3 Å². The van der Waals surface area contributed by atoms with Crippen LogP contribution in [-0.2, 0) is 0 Å². The van der Waals surface area contributed by atoms with E-state index in [4.69, 9.17) is 4.98 Å². The van der Waals surface area contributed by atoms with Crippen LogP contribution in [0.15, 0.2) is 24.4 Å². The van der Waals surface area contributed by atoms with Crippen LogP contribution < -0.4 is 15.1 Å². The van der Waals surface area contributed by atoms with E-state index in [1.54, 1.807) is 0 Å². The Morgan fingerprint density at radius 1 is 1.14 bits per heavy atom. The molecular formula is C18H26N4. The second-order valence-corrected chi connectivity index (χ2v) is 6.56. The molecule has 1 aliphatic rings. The molecule has 0 aliphatic carbocycles. The minimum atomic E-state index is 0.530. The van der Waals surface area contributed by atoms with Crippen LogP contribution in [0, 0.1) is 0 Å². The number of pyridine rings is 1. The van der Waals surface area contributed by atoms with Gasteiger partial charge in [-0.25, -0.2) is 4.98 Å². The fraction of sp³-hybridized carbons (Fsp3) is 0.500. The molecule has 0 saturated carbocycles. The van der Waals surface area contributed by atoms with Gasteiger partial charge in [0.1, 0.15) is 5.82 Å². The van der Waals surface area contributed by atoms with Gasteiger partial charge in [0.05, 0.1) is 11.9 Å². The molecule has 1 saturated heterocycles. The summed E-state index contributed by atoms with van der Waals surface area (Å²) in [6.45, 7) is 8.66. The Hall–Kier alpha value is -1.81. The van der Waals surface area contributed by atoms with Gasteiger partial charge in [-0.05, 0) is 17.5 Å². The van der Waals surface area contributed by atoms with E-state index in [9.17, 15) is 0 Å². The van der Waals surface area contributed by atoms with Crippen molar-refractivity contribution in [1.29, 1.82) is 0 Å². The van der Waals surface area contributed by atoms with Crippen molar-refractivity contribution >= 4 is 22.3 Å². The number of rotatable bonds is 3. The van der Waals surface area contributed by atoms with Gasteiger partial charge in [0.15, 0.2) is 0 Å². The number of nitrogens with zero attached hydrogens (tertiary/aromatic N) is 3. The lowest BCUT2D eigenvalue weighted by Gasteiger charge is -2.31. The fourth-order valence-corrected chi connectivity index (χ4v) is 3.10. The number of aromatic nitrogens is 1. The summed E-state index contributed by atoms with van der Waals surface area (Å²) in [7, 11) is 4.13. The number of fused-ring (bicyclic) bond motifs is 1. The Balaban J connectivity index is 2.16. The highest BCUT2D eigenvalue weighted by atomic mass is 15.2. The lowest BCUT2D eigenvalue weighted by molar-refractivity contribution is 0.590. The summed E-state index contributed by atoms with van der Waals surface area (Å²) in [5, 5.41) is 5.98. The van der Waals surface area contributed by atoms with E-state index in [0.29, 0.717) is 5.92 Å². The Labute approximate surface area is 133 Å². The first-order chi connectivity index (χ1) is 10.6. The molecule has 2 heterocycles. The molecule has 1 N–H and O–H groups in total. The molecule has 1 aliphatic heterocycles. The van der Waals surface area contributed by atoms with Gasteiger partial charge in [-0.1, -0.05) is 26.0 Å². The number of hydrogen-bond donors (Lipinski definition) is 1. The molecule has 0 atom stereocenters. The molecule has 0 unspecified atom stereocenters. The molecule has 0 amide bonds. The molecule has 0 spiro atoms. The second kappa shape index (κ2) is 6.13. The van der Waals surface area contributed by atoms with Crippen LogP contribution >= 0.6 is 0 Å². The highest BCUT2D eigenvalue weighted by Crippen LogP contribution is 2.34. The van der Waals surface area contributed by atoms with Crippen molar-refractivity contribution in [2.24, 2.45) is 0 Å². The Kier molecular flexibility index (Phi) is 4.21. The van der Waals surface area contributed by atoms with Gasteiger partial charge in [-0.15, -0.1) is 0 Å². The summed E-state index contributed by atoms with van der Waals surface area (Å²) in [6, 6.07) is 6.85. The van der Waals surface area contributed by atoms with E-state index in [2.05, 4.69) is 61.3 Å². The van der Waals surface area contributed by atoms with Crippen LogP contribution in [0.4, 0.5) is 11.5 Å². The molecular weight excluding hydrogens is 272 g/mol. The van der Waals surface area contributed by atoms with E-state index in [-0.39, 0.29) is 0 Å². The van der Waals surface area contributed by atoms with Gasteiger partial charge < -0.3 is 15.1 Å². The van der Waals surface area contributed by atoms with Gasteiger partial charge in [0, 0.05) is 51.0 Å². The molecule has 3 rings (SSSR count). The third kappa shape index (κ3) is 2.75. The Morgan fingerprint density at radius 2 is 1.86 bits per heavy atom. The molecule has 118 valence electrons. The average molecular weight is 298 g/mol. The van der Waals surface area contributed by atoms with Crippen molar-refractivity contribution in [1.82, 2.24) is 10.3 Å². The van der Waals surface area contributed by atoms with Crippen LogP contribution in [0.2, 0.25) is 0 Å². The minimum Gasteiger partial charge on any atom is -0.367 e. The van der Waals surface area contributed by atoms with Crippen molar-refractivity contribution in [3.05, 3.63) is 30.0 Å². The highest BCUT2D eigenvalue weighted by Gasteiger charge is 2.17. The summed E-state index contributed by atoms with van der Waals surface area (Å²) in [5.74, 6) is 1.58. The molecule has 1 aromatic heterocycles. The topological polar surface area (TPSA) is 31.4 Å². The van der Waals surface area contributed by atoms with E-state index in [1.807, 2.05) is 6.20 Å². The quantitative estimate of drug-likeness (QED) is 0.944. The van der Waals surface area contributed by atoms with Gasteiger partial charge in [0.2, 0.25) is 0 Å². The van der Waals surface area contributed by atoms with Gasteiger partial charge in [-0.3, -0.25) is 0 Å². The molecule has 1 fully saturated rings. The summed E-state index contributed by atoms with van der Waals surface area (Å²) >= 11 is 0. The smallest absolute Gasteiger partial charge is 0.136 e. The van der Waals surface area contributed by atoms with Gasteiger partial charge in [-0.2, -0.15) is 0 Å². The first-order valence-corrected chi connectivity index (χ1v) is 8.13. The summed E-state index contributed by atoms with van der Waals surface area (Å²) in [5.41, 5.74) is 2.63. The maximum absolute atomic E-state index is 4.75. The van der Waals surface area contributed by atoms with Crippen molar-refractivity contribution in [2.45, 2.75) is 19.8 Å². The van der Waals surface area contributed by atoms with E-state index in [1.165, 1.54) is 22.0 Å². The maximum Gasteiger partial charge on any atom is 0.136 e. The standard InChI is InChI=1S/C18H26N4/c1-13(2)14-5-6-15-16(11-14)18(21(3)4)20-12-17(15)22-9-7-19-8-10-22/h5-6,11-13,19H,7-10H2,1-4H3.